The lowest BCUT2D eigenvalue weighted by Gasteiger charge is -2.34. The van der Waals surface area contributed by atoms with Crippen LogP contribution in [0.1, 0.15) is 23.2 Å². The van der Waals surface area contributed by atoms with Crippen LogP contribution in [0.4, 0.5) is 11.6 Å². The second-order valence-corrected chi connectivity index (χ2v) is 6.68. The molecule has 5 N–H and O–H groups in total. The molecule has 1 aliphatic rings. The number of rotatable bonds is 7. The lowest BCUT2D eigenvalue weighted by Crippen LogP contribution is -2.42. The number of carboxylic acid groups (broad SMARTS) is 1. The summed E-state index contributed by atoms with van der Waals surface area (Å²) in [4.78, 5) is 33.6. The third kappa shape index (κ3) is 5.17. The van der Waals surface area contributed by atoms with Crippen molar-refractivity contribution in [3.8, 4) is 0 Å². The first-order valence-corrected chi connectivity index (χ1v) is 9.18. The maximum absolute atomic E-state index is 12.3. The first kappa shape index (κ1) is 19.6. The summed E-state index contributed by atoms with van der Waals surface area (Å²) >= 11 is 0. The van der Waals surface area contributed by atoms with Crippen LogP contribution in [0.15, 0.2) is 42.7 Å². The van der Waals surface area contributed by atoms with Crippen LogP contribution in [-0.2, 0) is 4.79 Å². The van der Waals surface area contributed by atoms with Crippen molar-refractivity contribution in [2.24, 2.45) is 5.73 Å². The minimum absolute atomic E-state index is 0.114. The van der Waals surface area contributed by atoms with Crippen LogP contribution in [0.5, 0.6) is 0 Å². The highest BCUT2D eigenvalue weighted by Crippen LogP contribution is 2.22. The zero-order valence-electron chi connectivity index (χ0n) is 15.4. The van der Waals surface area contributed by atoms with Crippen LogP contribution < -0.4 is 21.3 Å². The molecule has 1 fully saturated rings. The second kappa shape index (κ2) is 9.14. The van der Waals surface area contributed by atoms with Gasteiger partial charge in [-0.05, 0) is 37.1 Å². The van der Waals surface area contributed by atoms with Gasteiger partial charge in [-0.1, -0.05) is 6.07 Å². The van der Waals surface area contributed by atoms with Gasteiger partial charge in [-0.25, -0.2) is 9.97 Å². The quantitative estimate of drug-likeness (QED) is 0.548. The molecule has 2 aromatic rings. The summed E-state index contributed by atoms with van der Waals surface area (Å²) in [6.45, 7) is 1.58. The van der Waals surface area contributed by atoms with Gasteiger partial charge in [-0.2, -0.15) is 0 Å². The molecule has 1 aromatic carbocycles. The van der Waals surface area contributed by atoms with Gasteiger partial charge >= 0.3 is 5.97 Å². The van der Waals surface area contributed by atoms with Crippen molar-refractivity contribution >= 4 is 23.5 Å². The Balaban J connectivity index is 1.54. The molecule has 3 rings (SSSR count). The Kier molecular flexibility index (Phi) is 6.38. The van der Waals surface area contributed by atoms with E-state index in [2.05, 4.69) is 25.5 Å². The van der Waals surface area contributed by atoms with Crippen LogP contribution >= 0.6 is 0 Å². The van der Waals surface area contributed by atoms with Crippen molar-refractivity contribution in [1.82, 2.24) is 15.3 Å². The number of carboxylic acids is 1. The topological polar surface area (TPSA) is 133 Å². The smallest absolute Gasteiger partial charge is 0.322 e. The van der Waals surface area contributed by atoms with E-state index in [1.807, 2.05) is 18.2 Å². The zero-order valence-corrected chi connectivity index (χ0v) is 15.4. The van der Waals surface area contributed by atoms with Crippen LogP contribution in [-0.4, -0.2) is 58.7 Å². The summed E-state index contributed by atoms with van der Waals surface area (Å²) in [5.41, 5.74) is 6.86. The van der Waals surface area contributed by atoms with Crippen molar-refractivity contribution in [2.45, 2.75) is 24.9 Å². The van der Waals surface area contributed by atoms with Crippen molar-refractivity contribution < 1.29 is 14.7 Å². The molecule has 0 saturated carbocycles. The summed E-state index contributed by atoms with van der Waals surface area (Å²) in [6.07, 6.45) is 5.29. The number of aliphatic carboxylic acids is 1. The van der Waals surface area contributed by atoms with Gasteiger partial charge in [0, 0.05) is 49.3 Å². The SMILES string of the molecule is N[C@@H](CNC(=O)c1cccc(N2CCC(Nc3ncccn3)CC2)c1)C(=O)O. The molecule has 0 spiro atoms. The first-order valence-electron chi connectivity index (χ1n) is 9.18. The fourth-order valence-corrected chi connectivity index (χ4v) is 3.07. The number of piperidine rings is 1. The van der Waals surface area contributed by atoms with Gasteiger partial charge in [-0.3, -0.25) is 9.59 Å². The zero-order chi connectivity index (χ0) is 19.9. The van der Waals surface area contributed by atoms with Crippen molar-refractivity contribution in [3.05, 3.63) is 48.3 Å². The average Bonchev–Trinajstić information content (AvgIpc) is 2.73. The Morgan fingerprint density at radius 3 is 2.61 bits per heavy atom. The predicted octanol–water partition coefficient (Wildman–Crippen LogP) is 0.699. The minimum atomic E-state index is -1.15. The number of anilines is 2. The number of hydrogen-bond donors (Lipinski definition) is 4. The molecule has 28 heavy (non-hydrogen) atoms. The number of nitrogens with zero attached hydrogens (tertiary/aromatic N) is 3. The lowest BCUT2D eigenvalue weighted by atomic mass is 10.0. The summed E-state index contributed by atoms with van der Waals surface area (Å²) < 4.78 is 0. The summed E-state index contributed by atoms with van der Waals surface area (Å²) in [5.74, 6) is -0.845. The molecule has 0 radical (unpaired) electrons. The molecule has 1 amide bonds. The molecule has 2 heterocycles. The molecule has 1 aromatic heterocycles. The molecule has 1 aliphatic heterocycles. The lowest BCUT2D eigenvalue weighted by molar-refractivity contribution is -0.138. The van der Waals surface area contributed by atoms with E-state index >= 15 is 0 Å². The standard InChI is InChI=1S/C19H24N6O3/c20-16(18(27)28)12-23-17(26)13-3-1-4-15(11-13)25-9-5-14(6-10-25)24-19-21-7-2-8-22-19/h1-4,7-8,11,14,16H,5-6,9-10,12,20H2,(H,23,26)(H,27,28)(H,21,22,24)/t16-/m0/s1. The predicted molar refractivity (Wildman–Crippen MR) is 105 cm³/mol. The highest BCUT2D eigenvalue weighted by atomic mass is 16.4. The summed E-state index contributed by atoms with van der Waals surface area (Å²) in [6, 6.07) is 8.28. The Morgan fingerprint density at radius 2 is 1.93 bits per heavy atom. The van der Waals surface area contributed by atoms with Crippen molar-refractivity contribution in [1.29, 1.82) is 0 Å². The monoisotopic (exact) mass is 384 g/mol. The normalized spacial score (nSPS) is 15.7. The fraction of sp³-hybridized carbons (Fsp3) is 0.368. The number of carbonyl (C=O) groups excluding carboxylic acids is 1. The van der Waals surface area contributed by atoms with E-state index in [0.717, 1.165) is 31.6 Å². The van der Waals surface area contributed by atoms with E-state index in [1.165, 1.54) is 0 Å². The molecule has 1 saturated heterocycles. The number of aromatic nitrogens is 2. The van der Waals surface area contributed by atoms with Gasteiger partial charge < -0.3 is 26.4 Å². The largest absolute Gasteiger partial charge is 0.480 e. The number of nitrogens with one attached hydrogen (secondary N) is 2. The van der Waals surface area contributed by atoms with E-state index in [0.29, 0.717) is 17.6 Å². The molecule has 1 atom stereocenters. The first-order chi connectivity index (χ1) is 13.5. The molecule has 9 nitrogen and oxygen atoms in total. The number of hydrogen-bond acceptors (Lipinski definition) is 7. The van der Waals surface area contributed by atoms with Crippen LogP contribution in [0.2, 0.25) is 0 Å². The van der Waals surface area contributed by atoms with Crippen LogP contribution in [0.25, 0.3) is 0 Å². The van der Waals surface area contributed by atoms with E-state index in [-0.39, 0.29) is 12.5 Å². The maximum Gasteiger partial charge on any atom is 0.322 e. The van der Waals surface area contributed by atoms with Crippen molar-refractivity contribution in [3.63, 3.8) is 0 Å². The van der Waals surface area contributed by atoms with Gasteiger partial charge in [0.2, 0.25) is 5.95 Å². The molecular weight excluding hydrogens is 360 g/mol. The van der Waals surface area contributed by atoms with E-state index < -0.39 is 12.0 Å². The highest BCUT2D eigenvalue weighted by Gasteiger charge is 2.21. The number of nitrogens with two attached hydrogens (primary N) is 1. The summed E-state index contributed by atoms with van der Waals surface area (Å²) in [5, 5.41) is 14.7. The van der Waals surface area contributed by atoms with Gasteiger partial charge in [0.25, 0.3) is 5.91 Å². The van der Waals surface area contributed by atoms with E-state index in [1.54, 1.807) is 24.5 Å². The Bertz CT molecular complexity index is 808. The number of carbonyl (C=O) groups is 2. The molecule has 148 valence electrons. The van der Waals surface area contributed by atoms with Crippen molar-refractivity contribution in [2.75, 3.05) is 29.9 Å². The average molecular weight is 384 g/mol. The van der Waals surface area contributed by atoms with Crippen LogP contribution in [0.3, 0.4) is 0 Å². The summed E-state index contributed by atoms with van der Waals surface area (Å²) in [7, 11) is 0. The second-order valence-electron chi connectivity index (χ2n) is 6.68. The van der Waals surface area contributed by atoms with Gasteiger partial charge in [0.1, 0.15) is 6.04 Å². The molecule has 0 unspecified atom stereocenters. The number of benzene rings is 1. The highest BCUT2D eigenvalue weighted by molar-refractivity contribution is 5.95. The Morgan fingerprint density at radius 1 is 1.21 bits per heavy atom. The Hall–Kier alpha value is -3.20. The fourth-order valence-electron chi connectivity index (χ4n) is 3.07. The molecule has 0 bridgehead atoms. The maximum atomic E-state index is 12.3. The van der Waals surface area contributed by atoms with E-state index in [9.17, 15) is 9.59 Å². The molecular formula is C19H24N6O3. The minimum Gasteiger partial charge on any atom is -0.480 e. The third-order valence-electron chi connectivity index (χ3n) is 4.67. The Labute approximate surface area is 163 Å². The van der Waals surface area contributed by atoms with Crippen LogP contribution in [0, 0.1) is 0 Å². The molecule has 0 aliphatic carbocycles. The van der Waals surface area contributed by atoms with E-state index in [4.69, 9.17) is 10.8 Å². The third-order valence-corrected chi connectivity index (χ3v) is 4.67. The molecule has 9 heteroatoms. The number of amides is 1. The van der Waals surface area contributed by atoms with Gasteiger partial charge in [0.05, 0.1) is 0 Å². The van der Waals surface area contributed by atoms with Gasteiger partial charge in [0.15, 0.2) is 0 Å². The van der Waals surface area contributed by atoms with Gasteiger partial charge in [-0.15, -0.1) is 0 Å².